The van der Waals surface area contributed by atoms with E-state index in [4.69, 9.17) is 18.5 Å². The predicted molar refractivity (Wildman–Crippen MR) is 248 cm³/mol. The molecule has 0 spiro atoms. The van der Waals surface area contributed by atoms with Gasteiger partial charge in [0.1, 0.15) is 42.7 Å². The third-order valence-corrected chi connectivity index (χ3v) is 11.9. The van der Waals surface area contributed by atoms with Crippen molar-refractivity contribution in [1.29, 1.82) is 0 Å². The Hall–Kier alpha value is -1.96. The highest BCUT2D eigenvalue weighted by molar-refractivity contribution is 7.47. The first-order valence-corrected chi connectivity index (χ1v) is 25.6. The maximum Gasteiger partial charge on any atom is 0.472 e. The van der Waals surface area contributed by atoms with Gasteiger partial charge in [0.2, 0.25) is 0 Å². The summed E-state index contributed by atoms with van der Waals surface area (Å²) in [6.45, 7) is 4.06. The minimum Gasteiger partial charge on any atom is -0.457 e. The second-order valence-electron chi connectivity index (χ2n) is 16.6. The normalized spacial score (nSPS) is 22.5. The molecule has 0 radical (unpaired) electrons. The van der Waals surface area contributed by atoms with Crippen molar-refractivity contribution in [1.82, 2.24) is 0 Å². The fraction of sp³-hybridized carbons (Fsp3) is 0.776. The number of rotatable bonds is 40. The Labute approximate surface area is 375 Å². The van der Waals surface area contributed by atoms with Crippen LogP contribution in [0.25, 0.3) is 0 Å². The lowest BCUT2D eigenvalue weighted by molar-refractivity contribution is -0.220. The molecule has 62 heavy (non-hydrogen) atoms. The first-order valence-electron chi connectivity index (χ1n) is 24.1. The van der Waals surface area contributed by atoms with E-state index in [2.05, 4.69) is 62.5 Å². The van der Waals surface area contributed by atoms with Crippen LogP contribution in [0, 0.1) is 0 Å². The van der Waals surface area contributed by atoms with Gasteiger partial charge in [-0.05, 0) is 64.2 Å². The molecule has 13 heteroatoms. The number of phosphoric acid groups is 1. The molecule has 1 rings (SSSR count). The van der Waals surface area contributed by atoms with Gasteiger partial charge in [0.05, 0.1) is 13.2 Å². The molecule has 360 valence electrons. The summed E-state index contributed by atoms with van der Waals surface area (Å²) in [5.41, 5.74) is 0. The van der Waals surface area contributed by atoms with Gasteiger partial charge in [-0.15, -0.1) is 0 Å². The van der Waals surface area contributed by atoms with Gasteiger partial charge < -0.3 is 39.9 Å². The molecule has 1 saturated carbocycles. The molecule has 6 N–H and O–H groups in total. The van der Waals surface area contributed by atoms with Crippen molar-refractivity contribution in [2.45, 2.75) is 224 Å². The summed E-state index contributed by atoms with van der Waals surface area (Å²) < 4.78 is 34.1. The smallest absolute Gasteiger partial charge is 0.457 e. The van der Waals surface area contributed by atoms with Gasteiger partial charge >= 0.3 is 13.8 Å². The van der Waals surface area contributed by atoms with Crippen LogP contribution in [0.4, 0.5) is 0 Å². The van der Waals surface area contributed by atoms with Gasteiger partial charge in [0, 0.05) is 13.0 Å². The standard InChI is InChI=1S/C49H87O12P/c1-3-5-7-9-11-13-15-17-18-19-20-21-22-23-24-25-27-29-31-33-35-37-39-58-40-42(41-59-62(56,57)61-49-47(54)45(52)44(51)46(53)48(49)55)60-43(50)38-36-34-32-30-28-26-16-14-12-10-8-6-4-2/h6,8,12,14,19-20,26,28,32,34,42,44-49,51-55H,3-5,7,9-11,13,15-18,21-25,27,29-31,33,35-41H2,1-2H3,(H,56,57)/b8-6-,14-12-,20-19-,28-26-,34-32-. The van der Waals surface area contributed by atoms with E-state index in [1.807, 2.05) is 12.2 Å². The van der Waals surface area contributed by atoms with Gasteiger partial charge in [-0.25, -0.2) is 4.57 Å². The highest BCUT2D eigenvalue weighted by atomic mass is 31.2. The summed E-state index contributed by atoms with van der Waals surface area (Å²) in [6, 6.07) is 0. The third kappa shape index (κ3) is 31.0. The largest absolute Gasteiger partial charge is 0.472 e. The van der Waals surface area contributed by atoms with Crippen LogP contribution < -0.4 is 0 Å². The minimum atomic E-state index is -5.04. The number of hydrogen-bond donors (Lipinski definition) is 6. The minimum absolute atomic E-state index is 0.0629. The SMILES string of the molecule is CC/C=C\C/C=C\C/C=C\C/C=C\CCC(=O)OC(COCCCCCCCCCCCC/C=C\CCCCCCCCCC)COP(=O)(O)OC1C(O)C(O)C(O)C(O)C1O. The molecule has 0 aromatic rings. The molecule has 6 atom stereocenters. The van der Waals surface area contributed by atoms with E-state index in [0.29, 0.717) is 13.0 Å². The Morgan fingerprint density at radius 3 is 1.45 bits per heavy atom. The summed E-state index contributed by atoms with van der Waals surface area (Å²) in [5, 5.41) is 50.2. The van der Waals surface area contributed by atoms with Gasteiger partial charge in [0.15, 0.2) is 0 Å². The molecule has 1 aliphatic rings. The Morgan fingerprint density at radius 2 is 0.952 bits per heavy atom. The number of allylic oxidation sites excluding steroid dienone is 10. The van der Waals surface area contributed by atoms with Gasteiger partial charge in [-0.2, -0.15) is 0 Å². The summed E-state index contributed by atoms with van der Waals surface area (Å²) in [6.07, 6.45) is 37.5. The summed E-state index contributed by atoms with van der Waals surface area (Å²) in [5.74, 6) is -0.558. The van der Waals surface area contributed by atoms with Crippen LogP contribution in [-0.4, -0.2) is 98.9 Å². The molecule has 1 aliphatic carbocycles. The van der Waals surface area contributed by atoms with Crippen molar-refractivity contribution in [2.24, 2.45) is 0 Å². The molecule has 6 unspecified atom stereocenters. The second kappa shape index (κ2) is 39.4. The molecule has 0 heterocycles. The number of phosphoric ester groups is 1. The molecule has 0 aromatic heterocycles. The molecule has 0 bridgehead atoms. The fourth-order valence-corrected chi connectivity index (χ4v) is 8.04. The molecule has 0 aliphatic heterocycles. The first-order chi connectivity index (χ1) is 30.0. The highest BCUT2D eigenvalue weighted by Gasteiger charge is 2.51. The number of aliphatic hydroxyl groups is 5. The van der Waals surface area contributed by atoms with Crippen molar-refractivity contribution in [3.8, 4) is 0 Å². The molecule has 1 fully saturated rings. The molecular formula is C49H87O12P. The van der Waals surface area contributed by atoms with E-state index in [1.165, 1.54) is 103 Å². The van der Waals surface area contributed by atoms with Gasteiger partial charge in [-0.3, -0.25) is 13.8 Å². The van der Waals surface area contributed by atoms with Crippen molar-refractivity contribution < 1.29 is 58.3 Å². The van der Waals surface area contributed by atoms with Crippen molar-refractivity contribution in [2.75, 3.05) is 19.8 Å². The molecule has 0 saturated heterocycles. The number of ether oxygens (including phenoxy) is 2. The third-order valence-electron chi connectivity index (χ3n) is 10.9. The first kappa shape index (κ1) is 58.1. The molecular weight excluding hydrogens is 812 g/mol. The Balaban J connectivity index is 2.36. The zero-order chi connectivity index (χ0) is 45.5. The Bertz CT molecular complexity index is 1250. The van der Waals surface area contributed by atoms with Gasteiger partial charge in [0.25, 0.3) is 0 Å². The zero-order valence-corrected chi connectivity index (χ0v) is 39.3. The summed E-state index contributed by atoms with van der Waals surface area (Å²) in [7, 11) is -5.04. The lowest BCUT2D eigenvalue weighted by Crippen LogP contribution is -2.64. The predicted octanol–water partition coefficient (Wildman–Crippen LogP) is 10.2. The molecule has 12 nitrogen and oxygen atoms in total. The van der Waals surface area contributed by atoms with Crippen molar-refractivity contribution in [3.63, 3.8) is 0 Å². The van der Waals surface area contributed by atoms with Crippen LogP contribution in [-0.2, 0) is 27.9 Å². The highest BCUT2D eigenvalue weighted by Crippen LogP contribution is 2.47. The van der Waals surface area contributed by atoms with Gasteiger partial charge in [-0.1, -0.05) is 171 Å². The number of hydrogen-bond acceptors (Lipinski definition) is 11. The summed E-state index contributed by atoms with van der Waals surface area (Å²) >= 11 is 0. The molecule has 0 aromatic carbocycles. The van der Waals surface area contributed by atoms with Crippen molar-refractivity contribution >= 4 is 13.8 Å². The summed E-state index contributed by atoms with van der Waals surface area (Å²) in [4.78, 5) is 23.1. The van der Waals surface area contributed by atoms with Crippen LogP contribution in [0.2, 0.25) is 0 Å². The average molecular weight is 899 g/mol. The Morgan fingerprint density at radius 1 is 0.532 bits per heavy atom. The maximum atomic E-state index is 12.8. The number of esters is 1. The van der Waals surface area contributed by atoms with E-state index >= 15 is 0 Å². The fourth-order valence-electron chi connectivity index (χ4n) is 7.07. The van der Waals surface area contributed by atoms with E-state index in [-0.39, 0.29) is 13.0 Å². The topological polar surface area (TPSA) is 192 Å². The lowest BCUT2D eigenvalue weighted by Gasteiger charge is -2.41. The van der Waals surface area contributed by atoms with Crippen LogP contribution in [0.15, 0.2) is 60.8 Å². The Kier molecular flexibility index (Phi) is 36.9. The van der Waals surface area contributed by atoms with E-state index in [1.54, 1.807) is 0 Å². The number of carbonyl (C=O) groups excluding carboxylic acids is 1. The second-order valence-corrected chi connectivity index (χ2v) is 18.0. The van der Waals surface area contributed by atoms with Crippen LogP contribution in [0.3, 0.4) is 0 Å². The van der Waals surface area contributed by atoms with E-state index in [0.717, 1.165) is 51.4 Å². The van der Waals surface area contributed by atoms with E-state index < -0.39 is 63.1 Å². The average Bonchev–Trinajstić information content (AvgIpc) is 3.26. The quantitative estimate of drug-likeness (QED) is 0.0148. The number of carbonyl (C=O) groups is 1. The number of aliphatic hydroxyl groups excluding tert-OH is 5. The monoisotopic (exact) mass is 899 g/mol. The number of unbranched alkanes of at least 4 members (excludes halogenated alkanes) is 18. The van der Waals surface area contributed by atoms with Crippen LogP contribution >= 0.6 is 7.82 Å². The van der Waals surface area contributed by atoms with Crippen LogP contribution in [0.5, 0.6) is 0 Å². The van der Waals surface area contributed by atoms with Crippen molar-refractivity contribution in [3.05, 3.63) is 60.8 Å². The lowest BCUT2D eigenvalue weighted by atomic mass is 9.85. The maximum absolute atomic E-state index is 12.8. The molecule has 0 amide bonds. The van der Waals surface area contributed by atoms with E-state index in [9.17, 15) is 39.8 Å². The zero-order valence-electron chi connectivity index (χ0n) is 38.4. The van der Waals surface area contributed by atoms with Crippen LogP contribution in [0.1, 0.15) is 181 Å².